The topological polar surface area (TPSA) is 49.6 Å². The van der Waals surface area contributed by atoms with Gasteiger partial charge in [-0.3, -0.25) is 4.79 Å². The number of carbonyl (C=O) groups excluding carboxylic acids is 1. The van der Waals surface area contributed by atoms with E-state index in [9.17, 15) is 18.0 Å². The molecular formula is C18H15Cl2F3N4O. The van der Waals surface area contributed by atoms with Crippen LogP contribution in [-0.2, 0) is 12.7 Å². The predicted molar refractivity (Wildman–Crippen MR) is 102 cm³/mol. The Kier molecular flexibility index (Phi) is 5.56. The molecule has 0 radical (unpaired) electrons. The van der Waals surface area contributed by atoms with Gasteiger partial charge in [0.15, 0.2) is 11.3 Å². The molecule has 0 aliphatic carbocycles. The van der Waals surface area contributed by atoms with E-state index >= 15 is 0 Å². The van der Waals surface area contributed by atoms with Crippen molar-refractivity contribution in [2.75, 3.05) is 19.4 Å². The van der Waals surface area contributed by atoms with Gasteiger partial charge in [0.25, 0.3) is 5.91 Å². The number of benzene rings is 1. The highest BCUT2D eigenvalue weighted by atomic mass is 35.5. The Morgan fingerprint density at radius 3 is 2.39 bits per heavy atom. The Labute approximate surface area is 168 Å². The normalized spacial score (nSPS) is 12.0. The number of amides is 1. The maximum absolute atomic E-state index is 13.5. The zero-order valence-electron chi connectivity index (χ0n) is 14.8. The average Bonchev–Trinajstić information content (AvgIpc) is 2.94. The number of alkyl halides is 3. The number of aromatic nitrogens is 2. The summed E-state index contributed by atoms with van der Waals surface area (Å²) in [6, 6.07) is 7.56. The van der Waals surface area contributed by atoms with E-state index < -0.39 is 17.8 Å². The number of fused-ring (bicyclic) bond motifs is 1. The first kappa shape index (κ1) is 20.4. The Balaban J connectivity index is 2.10. The predicted octanol–water partition coefficient (Wildman–Crippen LogP) is 4.97. The van der Waals surface area contributed by atoms with Crippen molar-refractivity contribution in [2.24, 2.45) is 0 Å². The molecule has 1 aromatic carbocycles. The first-order valence-electron chi connectivity index (χ1n) is 8.07. The molecule has 0 aliphatic heterocycles. The summed E-state index contributed by atoms with van der Waals surface area (Å²) < 4.78 is 41.8. The molecule has 10 heteroatoms. The lowest BCUT2D eigenvalue weighted by molar-refractivity contribution is -0.141. The van der Waals surface area contributed by atoms with Crippen LogP contribution in [0.5, 0.6) is 0 Å². The van der Waals surface area contributed by atoms with Gasteiger partial charge in [-0.05, 0) is 38.4 Å². The summed E-state index contributed by atoms with van der Waals surface area (Å²) >= 11 is 12.1. The first-order valence-corrected chi connectivity index (χ1v) is 8.82. The van der Waals surface area contributed by atoms with Gasteiger partial charge in [0, 0.05) is 12.7 Å². The number of pyridine rings is 1. The molecule has 2 heterocycles. The van der Waals surface area contributed by atoms with Crippen molar-refractivity contribution in [3.63, 3.8) is 0 Å². The van der Waals surface area contributed by atoms with Gasteiger partial charge in [0.05, 0.1) is 27.0 Å². The van der Waals surface area contributed by atoms with Crippen molar-refractivity contribution in [3.05, 3.63) is 63.5 Å². The molecule has 5 nitrogen and oxygen atoms in total. The second kappa shape index (κ2) is 7.62. The van der Waals surface area contributed by atoms with Crippen molar-refractivity contribution < 1.29 is 18.0 Å². The van der Waals surface area contributed by atoms with E-state index in [-0.39, 0.29) is 39.2 Å². The number of carbonyl (C=O) groups is 1. The second-order valence-electron chi connectivity index (χ2n) is 6.31. The Morgan fingerprint density at radius 2 is 1.82 bits per heavy atom. The van der Waals surface area contributed by atoms with Crippen LogP contribution < -0.4 is 5.32 Å². The van der Waals surface area contributed by atoms with Crippen molar-refractivity contribution in [1.82, 2.24) is 14.3 Å². The molecule has 148 valence electrons. The van der Waals surface area contributed by atoms with Crippen LogP contribution >= 0.6 is 23.2 Å². The largest absolute Gasteiger partial charge is 0.435 e. The number of nitrogens with zero attached hydrogens (tertiary/aromatic N) is 3. The van der Waals surface area contributed by atoms with Gasteiger partial charge in [-0.1, -0.05) is 29.3 Å². The molecular weight excluding hydrogens is 416 g/mol. The molecule has 3 rings (SSSR count). The zero-order valence-corrected chi connectivity index (χ0v) is 16.3. The van der Waals surface area contributed by atoms with Crippen LogP contribution in [0.4, 0.5) is 18.9 Å². The summed E-state index contributed by atoms with van der Waals surface area (Å²) in [7, 11) is 3.31. The van der Waals surface area contributed by atoms with Crippen LogP contribution in [-0.4, -0.2) is 34.3 Å². The molecule has 0 atom stereocenters. The lowest BCUT2D eigenvalue weighted by Crippen LogP contribution is -2.17. The third-order valence-corrected chi connectivity index (χ3v) is 4.55. The molecule has 0 bridgehead atoms. The lowest BCUT2D eigenvalue weighted by atomic mass is 10.2. The van der Waals surface area contributed by atoms with Gasteiger partial charge >= 0.3 is 6.18 Å². The number of nitrogens with one attached hydrogen (secondary N) is 1. The van der Waals surface area contributed by atoms with E-state index in [2.05, 4.69) is 10.3 Å². The van der Waals surface area contributed by atoms with Gasteiger partial charge < -0.3 is 14.6 Å². The highest BCUT2D eigenvalue weighted by molar-refractivity contribution is 6.40. The van der Waals surface area contributed by atoms with Crippen LogP contribution in [0.1, 0.15) is 21.7 Å². The molecule has 0 saturated carbocycles. The quantitative estimate of drug-likeness (QED) is 0.635. The summed E-state index contributed by atoms with van der Waals surface area (Å²) in [5.41, 5.74) is -0.913. The fourth-order valence-corrected chi connectivity index (χ4v) is 3.36. The Morgan fingerprint density at radius 1 is 1.18 bits per heavy atom. The summed E-state index contributed by atoms with van der Waals surface area (Å²) in [6.07, 6.45) is -3.17. The van der Waals surface area contributed by atoms with Gasteiger partial charge in [0.2, 0.25) is 0 Å². The summed E-state index contributed by atoms with van der Waals surface area (Å²) in [6.45, 7) is 0.0176. The van der Waals surface area contributed by atoms with E-state index in [1.807, 2.05) is 0 Å². The van der Waals surface area contributed by atoms with E-state index in [1.165, 1.54) is 34.9 Å². The number of hydrogen-bond acceptors (Lipinski definition) is 3. The Hall–Kier alpha value is -2.29. The molecule has 0 fully saturated rings. The molecule has 0 spiro atoms. The highest BCUT2D eigenvalue weighted by Crippen LogP contribution is 2.34. The fourth-order valence-electron chi connectivity index (χ4n) is 2.79. The third-order valence-electron chi connectivity index (χ3n) is 3.92. The van der Waals surface area contributed by atoms with Crippen molar-refractivity contribution in [1.29, 1.82) is 0 Å². The van der Waals surface area contributed by atoms with Gasteiger partial charge in [0.1, 0.15) is 0 Å². The van der Waals surface area contributed by atoms with Gasteiger partial charge in [-0.2, -0.15) is 13.2 Å². The smallest absolute Gasteiger partial charge is 0.319 e. The van der Waals surface area contributed by atoms with Crippen molar-refractivity contribution >= 4 is 40.4 Å². The minimum atomic E-state index is -4.63. The summed E-state index contributed by atoms with van der Waals surface area (Å²) in [4.78, 5) is 18.0. The summed E-state index contributed by atoms with van der Waals surface area (Å²) in [5, 5.41) is 2.81. The molecule has 0 unspecified atom stereocenters. The number of imidazole rings is 1. The van der Waals surface area contributed by atoms with Gasteiger partial charge in [-0.15, -0.1) is 0 Å². The van der Waals surface area contributed by atoms with E-state index in [4.69, 9.17) is 23.2 Å². The van der Waals surface area contributed by atoms with E-state index in [1.54, 1.807) is 25.1 Å². The Bertz CT molecular complexity index is 1030. The van der Waals surface area contributed by atoms with Crippen LogP contribution in [0.25, 0.3) is 5.65 Å². The van der Waals surface area contributed by atoms with Crippen LogP contribution in [0.2, 0.25) is 10.0 Å². The molecule has 1 amide bonds. The van der Waals surface area contributed by atoms with Crippen LogP contribution in [0, 0.1) is 0 Å². The van der Waals surface area contributed by atoms with Crippen LogP contribution in [0.3, 0.4) is 0 Å². The monoisotopic (exact) mass is 430 g/mol. The summed E-state index contributed by atoms with van der Waals surface area (Å²) in [5.74, 6) is -0.644. The zero-order chi connectivity index (χ0) is 20.6. The highest BCUT2D eigenvalue weighted by Gasteiger charge is 2.38. The molecule has 1 N–H and O–H groups in total. The van der Waals surface area contributed by atoms with Crippen LogP contribution in [0.15, 0.2) is 36.5 Å². The number of halogens is 5. The first-order chi connectivity index (χ1) is 13.1. The van der Waals surface area contributed by atoms with Crippen molar-refractivity contribution in [3.8, 4) is 0 Å². The number of rotatable bonds is 4. The van der Waals surface area contributed by atoms with E-state index in [0.717, 1.165) is 0 Å². The average molecular weight is 431 g/mol. The minimum Gasteiger partial charge on any atom is -0.319 e. The SMILES string of the molecule is CN(C)Cc1c(C(F)(F)F)nc2c(NC(=O)c3c(Cl)cccc3Cl)cccn12. The molecule has 0 aliphatic rings. The molecule has 0 saturated heterocycles. The number of hydrogen-bond donors (Lipinski definition) is 1. The third kappa shape index (κ3) is 3.94. The van der Waals surface area contributed by atoms with Gasteiger partial charge in [-0.25, -0.2) is 4.98 Å². The lowest BCUT2D eigenvalue weighted by Gasteiger charge is -2.13. The van der Waals surface area contributed by atoms with E-state index in [0.29, 0.717) is 0 Å². The molecule has 2 aromatic heterocycles. The molecule has 3 aromatic rings. The minimum absolute atomic E-state index is 0.0176. The standard InChI is InChI=1S/C18H15Cl2F3N4O/c1-26(2)9-13-15(18(21,22)23)25-16-12(7-4-8-27(13)16)24-17(28)14-10(19)5-3-6-11(14)20/h3-8H,9H2,1-2H3,(H,24,28). The van der Waals surface area contributed by atoms with Crippen molar-refractivity contribution in [2.45, 2.75) is 12.7 Å². The second-order valence-corrected chi connectivity index (χ2v) is 7.12. The number of anilines is 1. The maximum atomic E-state index is 13.5. The fraction of sp³-hybridized carbons (Fsp3) is 0.222. The maximum Gasteiger partial charge on any atom is 0.435 e. The molecule has 28 heavy (non-hydrogen) atoms.